The third-order valence-corrected chi connectivity index (χ3v) is 3.86. The summed E-state index contributed by atoms with van der Waals surface area (Å²) in [7, 11) is 0. The summed E-state index contributed by atoms with van der Waals surface area (Å²) in [4.78, 5) is 4.28. The molecule has 0 saturated heterocycles. The van der Waals surface area contributed by atoms with Gasteiger partial charge in [0.1, 0.15) is 11.6 Å². The van der Waals surface area contributed by atoms with Crippen LogP contribution in [0.5, 0.6) is 0 Å². The highest BCUT2D eigenvalue weighted by Crippen LogP contribution is 2.26. The Morgan fingerprint density at radius 1 is 1.41 bits per heavy atom. The summed E-state index contributed by atoms with van der Waals surface area (Å²) in [6.45, 7) is 3.80. The maximum atomic E-state index is 13.0. The lowest BCUT2D eigenvalue weighted by Gasteiger charge is -2.00. The highest BCUT2D eigenvalue weighted by Gasteiger charge is 2.07. The van der Waals surface area contributed by atoms with Crippen molar-refractivity contribution in [2.45, 2.75) is 24.8 Å². The molecule has 0 aliphatic carbocycles. The van der Waals surface area contributed by atoms with E-state index in [1.165, 1.54) is 17.8 Å². The van der Waals surface area contributed by atoms with Crippen LogP contribution in [0.25, 0.3) is 0 Å². The number of aryl methyl sites for hydroxylation is 2. The number of oxazole rings is 1. The molecular formula is C12H11BrFNOS. The number of hydrogen-bond donors (Lipinski definition) is 0. The van der Waals surface area contributed by atoms with Gasteiger partial charge in [-0.15, -0.1) is 0 Å². The van der Waals surface area contributed by atoms with Gasteiger partial charge in [0.15, 0.2) is 0 Å². The molecule has 0 radical (unpaired) electrons. The van der Waals surface area contributed by atoms with Crippen molar-refractivity contribution < 1.29 is 8.81 Å². The highest BCUT2D eigenvalue weighted by molar-refractivity contribution is 9.10. The first kappa shape index (κ1) is 12.6. The van der Waals surface area contributed by atoms with Gasteiger partial charge in [0.25, 0.3) is 5.22 Å². The van der Waals surface area contributed by atoms with Crippen molar-refractivity contribution in [1.82, 2.24) is 4.98 Å². The van der Waals surface area contributed by atoms with Crippen molar-refractivity contribution in [3.8, 4) is 0 Å². The van der Waals surface area contributed by atoms with E-state index in [-0.39, 0.29) is 5.82 Å². The van der Waals surface area contributed by atoms with E-state index in [4.69, 9.17) is 4.42 Å². The second-order valence-corrected chi connectivity index (χ2v) is 5.44. The van der Waals surface area contributed by atoms with Gasteiger partial charge < -0.3 is 4.42 Å². The molecule has 0 saturated carbocycles. The second-order valence-electron chi connectivity index (χ2n) is 3.66. The maximum absolute atomic E-state index is 13.0. The van der Waals surface area contributed by atoms with Gasteiger partial charge >= 0.3 is 0 Å². The third-order valence-electron chi connectivity index (χ3n) is 2.36. The normalized spacial score (nSPS) is 10.8. The third kappa shape index (κ3) is 3.10. The molecule has 1 heterocycles. The Morgan fingerprint density at radius 3 is 2.76 bits per heavy atom. The van der Waals surface area contributed by atoms with Gasteiger partial charge in [0, 0.05) is 5.75 Å². The van der Waals surface area contributed by atoms with Crippen molar-refractivity contribution in [3.05, 3.63) is 45.5 Å². The molecule has 5 heteroatoms. The summed E-state index contributed by atoms with van der Waals surface area (Å²) in [5.74, 6) is 1.30. The average Bonchev–Trinajstić information content (AvgIpc) is 2.60. The van der Waals surface area contributed by atoms with Crippen LogP contribution in [-0.4, -0.2) is 4.98 Å². The van der Waals surface area contributed by atoms with Crippen molar-refractivity contribution in [3.63, 3.8) is 0 Å². The zero-order valence-corrected chi connectivity index (χ0v) is 11.9. The molecule has 0 aliphatic heterocycles. The lowest BCUT2D eigenvalue weighted by molar-refractivity contribution is 0.431. The fraction of sp³-hybridized carbons (Fsp3) is 0.250. The number of benzene rings is 1. The lowest BCUT2D eigenvalue weighted by atomic mass is 10.2. The molecule has 17 heavy (non-hydrogen) atoms. The van der Waals surface area contributed by atoms with Crippen LogP contribution in [0.4, 0.5) is 4.39 Å². The van der Waals surface area contributed by atoms with E-state index in [0.29, 0.717) is 15.4 Å². The highest BCUT2D eigenvalue weighted by atomic mass is 79.9. The monoisotopic (exact) mass is 315 g/mol. The molecule has 90 valence electrons. The minimum Gasteiger partial charge on any atom is -0.437 e. The molecule has 2 aromatic rings. The molecular weight excluding hydrogens is 305 g/mol. The Labute approximate surface area is 112 Å². The predicted octanol–water partition coefficient (Wildman–Crippen LogP) is 4.49. The quantitative estimate of drug-likeness (QED) is 0.781. The standard InChI is InChI=1S/C12H11BrFNOS/c1-7-8(2)16-12(15-7)17-6-9-3-4-11(14)10(13)5-9/h3-5H,6H2,1-2H3. The predicted molar refractivity (Wildman–Crippen MR) is 69.6 cm³/mol. The van der Waals surface area contributed by atoms with E-state index in [9.17, 15) is 4.39 Å². The Bertz CT molecular complexity index is 522. The molecule has 0 N–H and O–H groups in total. The smallest absolute Gasteiger partial charge is 0.256 e. The van der Waals surface area contributed by atoms with Gasteiger partial charge in [0.05, 0.1) is 10.2 Å². The minimum atomic E-state index is -0.249. The van der Waals surface area contributed by atoms with Crippen LogP contribution in [-0.2, 0) is 5.75 Å². The van der Waals surface area contributed by atoms with E-state index >= 15 is 0 Å². The first-order chi connectivity index (χ1) is 8.06. The molecule has 0 aliphatic rings. The Kier molecular flexibility index (Phi) is 3.89. The van der Waals surface area contributed by atoms with Gasteiger partial charge in [-0.05, 0) is 47.5 Å². The summed E-state index contributed by atoms with van der Waals surface area (Å²) >= 11 is 4.67. The van der Waals surface area contributed by atoms with Crippen molar-refractivity contribution in [1.29, 1.82) is 0 Å². The lowest BCUT2D eigenvalue weighted by Crippen LogP contribution is -1.84. The summed E-state index contributed by atoms with van der Waals surface area (Å²) in [6.07, 6.45) is 0. The summed E-state index contributed by atoms with van der Waals surface area (Å²) < 4.78 is 19.0. The van der Waals surface area contributed by atoms with Crippen LogP contribution < -0.4 is 0 Å². The van der Waals surface area contributed by atoms with E-state index < -0.39 is 0 Å². The number of thioether (sulfide) groups is 1. The molecule has 1 aromatic carbocycles. The molecule has 1 aromatic heterocycles. The van der Waals surface area contributed by atoms with Gasteiger partial charge in [0.2, 0.25) is 0 Å². The molecule has 2 nitrogen and oxygen atoms in total. The molecule has 0 amide bonds. The minimum absolute atomic E-state index is 0.249. The Hall–Kier alpha value is -0.810. The van der Waals surface area contributed by atoms with Crippen LogP contribution in [0.1, 0.15) is 17.0 Å². The van der Waals surface area contributed by atoms with Gasteiger partial charge in [-0.2, -0.15) is 0 Å². The topological polar surface area (TPSA) is 26.0 Å². The zero-order valence-electron chi connectivity index (χ0n) is 9.46. The summed E-state index contributed by atoms with van der Waals surface area (Å²) in [5.41, 5.74) is 1.93. The fourth-order valence-electron chi connectivity index (χ4n) is 1.28. The number of hydrogen-bond acceptors (Lipinski definition) is 3. The van der Waals surface area contributed by atoms with Crippen LogP contribution in [0.15, 0.2) is 32.3 Å². The van der Waals surface area contributed by atoms with Crippen LogP contribution in [0, 0.1) is 19.7 Å². The maximum Gasteiger partial charge on any atom is 0.256 e. The van der Waals surface area contributed by atoms with Crippen molar-refractivity contribution >= 4 is 27.7 Å². The van der Waals surface area contributed by atoms with Gasteiger partial charge in [-0.3, -0.25) is 0 Å². The summed E-state index contributed by atoms with van der Waals surface area (Å²) in [6, 6.07) is 4.98. The molecule has 0 atom stereocenters. The summed E-state index contributed by atoms with van der Waals surface area (Å²) in [5, 5.41) is 0.653. The number of nitrogens with zero attached hydrogens (tertiary/aromatic N) is 1. The van der Waals surface area contributed by atoms with Crippen LogP contribution in [0.2, 0.25) is 0 Å². The zero-order chi connectivity index (χ0) is 12.4. The Morgan fingerprint density at radius 2 is 2.18 bits per heavy atom. The fourth-order valence-corrected chi connectivity index (χ4v) is 2.56. The molecule has 0 spiro atoms. The van der Waals surface area contributed by atoms with E-state index in [2.05, 4.69) is 20.9 Å². The number of halogens is 2. The van der Waals surface area contributed by atoms with Crippen LogP contribution in [0.3, 0.4) is 0 Å². The van der Waals surface area contributed by atoms with Gasteiger partial charge in [-0.1, -0.05) is 17.8 Å². The van der Waals surface area contributed by atoms with E-state index in [1.807, 2.05) is 13.8 Å². The van der Waals surface area contributed by atoms with E-state index in [0.717, 1.165) is 17.0 Å². The largest absolute Gasteiger partial charge is 0.437 e. The molecule has 0 unspecified atom stereocenters. The first-order valence-corrected chi connectivity index (χ1v) is 6.85. The Balaban J connectivity index is 2.04. The van der Waals surface area contributed by atoms with Crippen LogP contribution >= 0.6 is 27.7 Å². The molecule has 0 bridgehead atoms. The molecule has 0 fully saturated rings. The number of rotatable bonds is 3. The molecule has 2 rings (SSSR count). The average molecular weight is 316 g/mol. The van der Waals surface area contributed by atoms with Crippen molar-refractivity contribution in [2.24, 2.45) is 0 Å². The first-order valence-electron chi connectivity index (χ1n) is 5.07. The van der Waals surface area contributed by atoms with E-state index in [1.54, 1.807) is 12.1 Å². The van der Waals surface area contributed by atoms with Gasteiger partial charge in [-0.25, -0.2) is 9.37 Å². The van der Waals surface area contributed by atoms with Crippen molar-refractivity contribution in [2.75, 3.05) is 0 Å². The SMILES string of the molecule is Cc1nc(SCc2ccc(F)c(Br)c2)oc1C. The second kappa shape index (κ2) is 5.23. The number of aromatic nitrogens is 1.